The Morgan fingerprint density at radius 2 is 2.05 bits per heavy atom. The van der Waals surface area contributed by atoms with E-state index in [1.54, 1.807) is 0 Å². The Morgan fingerprint density at radius 1 is 1.40 bits per heavy atom. The molecule has 1 aromatic carbocycles. The maximum Gasteiger partial charge on any atom is 0.131 e. The van der Waals surface area contributed by atoms with Crippen LogP contribution < -0.4 is 10.5 Å². The van der Waals surface area contributed by atoms with Gasteiger partial charge in [-0.1, -0.05) is 12.2 Å². The van der Waals surface area contributed by atoms with Gasteiger partial charge in [0.05, 0.1) is 15.9 Å². The van der Waals surface area contributed by atoms with Crippen LogP contribution in [0.3, 0.4) is 0 Å². The molecule has 0 aliphatic carbocycles. The summed E-state index contributed by atoms with van der Waals surface area (Å²) in [5, 5.41) is 4.43. The van der Waals surface area contributed by atoms with E-state index in [4.69, 9.17) is 22.7 Å². The lowest BCUT2D eigenvalue weighted by molar-refractivity contribution is 0.291. The Hall–Kier alpha value is -1.40. The zero-order valence-corrected chi connectivity index (χ0v) is 13.8. The van der Waals surface area contributed by atoms with Gasteiger partial charge in [-0.2, -0.15) is 5.10 Å². The van der Waals surface area contributed by atoms with Crippen LogP contribution in [0.4, 0.5) is 0 Å². The molecular formula is C14H16BrN3OS. The van der Waals surface area contributed by atoms with Gasteiger partial charge in [-0.05, 0) is 54.0 Å². The molecule has 0 fully saturated rings. The highest BCUT2D eigenvalue weighted by molar-refractivity contribution is 9.10. The Bertz CT molecular complexity index is 622. The fourth-order valence-electron chi connectivity index (χ4n) is 1.87. The normalized spacial score (nSPS) is 10.6. The van der Waals surface area contributed by atoms with E-state index in [1.165, 1.54) is 0 Å². The van der Waals surface area contributed by atoms with E-state index < -0.39 is 0 Å². The van der Waals surface area contributed by atoms with Crippen LogP contribution in [0.15, 0.2) is 28.7 Å². The number of hydrogen-bond donors (Lipinski definition) is 1. The lowest BCUT2D eigenvalue weighted by atomic mass is 10.2. The van der Waals surface area contributed by atoms with Crippen LogP contribution in [-0.2, 0) is 13.2 Å². The number of rotatable bonds is 5. The number of nitrogens with zero attached hydrogens (tertiary/aromatic N) is 2. The van der Waals surface area contributed by atoms with Crippen LogP contribution >= 0.6 is 28.1 Å². The van der Waals surface area contributed by atoms with Crippen molar-refractivity contribution in [2.45, 2.75) is 27.0 Å². The molecule has 0 aliphatic heterocycles. The van der Waals surface area contributed by atoms with Gasteiger partial charge in [0.2, 0.25) is 0 Å². The molecule has 0 amide bonds. The van der Waals surface area contributed by atoms with Gasteiger partial charge in [0, 0.05) is 12.1 Å². The molecule has 2 N–H and O–H groups in total. The summed E-state index contributed by atoms with van der Waals surface area (Å²) >= 11 is 8.47. The summed E-state index contributed by atoms with van der Waals surface area (Å²) in [5.74, 6) is 0.776. The molecule has 0 radical (unpaired) electrons. The van der Waals surface area contributed by atoms with Crippen molar-refractivity contribution >= 4 is 33.1 Å². The molecule has 6 heteroatoms. The summed E-state index contributed by atoms with van der Waals surface area (Å²) in [6.07, 6.45) is 0. The standard InChI is InChI=1S/C14H16BrN3OS/c1-3-18-12(13(15)9(2)17-18)8-19-11-6-4-10(5-7-11)14(16)20/h4-7H,3,8H2,1-2H3,(H2,16,20). The number of thiocarbonyl (C=S) groups is 1. The van der Waals surface area contributed by atoms with Crippen LogP contribution in [0.25, 0.3) is 0 Å². The van der Waals surface area contributed by atoms with E-state index in [0.29, 0.717) is 11.6 Å². The average molecular weight is 354 g/mol. The van der Waals surface area contributed by atoms with Crippen molar-refractivity contribution in [2.24, 2.45) is 5.73 Å². The van der Waals surface area contributed by atoms with Gasteiger partial charge in [0.1, 0.15) is 17.3 Å². The summed E-state index contributed by atoms with van der Waals surface area (Å²) in [4.78, 5) is 0.388. The summed E-state index contributed by atoms with van der Waals surface area (Å²) in [5.41, 5.74) is 8.40. The average Bonchev–Trinajstić information content (AvgIpc) is 2.72. The highest BCUT2D eigenvalue weighted by Crippen LogP contribution is 2.23. The first kappa shape index (κ1) is 15.0. The van der Waals surface area contributed by atoms with Crippen molar-refractivity contribution in [3.8, 4) is 5.75 Å². The molecule has 1 heterocycles. The minimum absolute atomic E-state index is 0.388. The fraction of sp³-hybridized carbons (Fsp3) is 0.286. The molecule has 2 rings (SSSR count). The summed E-state index contributed by atoms with van der Waals surface area (Å²) in [6.45, 7) is 5.29. The number of halogens is 1. The minimum atomic E-state index is 0.388. The van der Waals surface area contributed by atoms with E-state index in [9.17, 15) is 0 Å². The number of nitrogens with two attached hydrogens (primary N) is 1. The monoisotopic (exact) mass is 353 g/mol. The van der Waals surface area contributed by atoms with Crippen molar-refractivity contribution < 1.29 is 4.74 Å². The first-order valence-corrected chi connectivity index (χ1v) is 7.47. The second-order valence-corrected chi connectivity index (χ2v) is 5.57. The second-order valence-electron chi connectivity index (χ2n) is 4.34. The lowest BCUT2D eigenvalue weighted by Crippen LogP contribution is -2.09. The minimum Gasteiger partial charge on any atom is -0.487 e. The number of aryl methyl sites for hydroxylation is 2. The van der Waals surface area contributed by atoms with Gasteiger partial charge >= 0.3 is 0 Å². The third-order valence-electron chi connectivity index (χ3n) is 2.97. The predicted molar refractivity (Wildman–Crippen MR) is 87.0 cm³/mol. The van der Waals surface area contributed by atoms with Gasteiger partial charge in [-0.25, -0.2) is 0 Å². The topological polar surface area (TPSA) is 53.1 Å². The Balaban J connectivity index is 2.10. The molecule has 0 bridgehead atoms. The number of ether oxygens (including phenoxy) is 1. The van der Waals surface area contributed by atoms with Gasteiger partial charge in [-0.3, -0.25) is 4.68 Å². The van der Waals surface area contributed by atoms with Crippen molar-refractivity contribution in [3.05, 3.63) is 45.7 Å². The maximum absolute atomic E-state index is 5.79. The van der Waals surface area contributed by atoms with Crippen molar-refractivity contribution in [1.82, 2.24) is 9.78 Å². The third-order valence-corrected chi connectivity index (χ3v) is 4.23. The molecule has 0 spiro atoms. The van der Waals surface area contributed by atoms with Gasteiger partial charge in [-0.15, -0.1) is 0 Å². The predicted octanol–water partition coefficient (Wildman–Crippen LogP) is 3.19. The molecule has 0 saturated heterocycles. The number of benzene rings is 1. The zero-order valence-electron chi connectivity index (χ0n) is 11.4. The summed E-state index contributed by atoms with van der Waals surface area (Å²) in [6, 6.07) is 7.44. The van der Waals surface area contributed by atoms with Gasteiger partial charge in [0.15, 0.2) is 0 Å². The molecule has 0 unspecified atom stereocenters. The first-order valence-electron chi connectivity index (χ1n) is 6.27. The lowest BCUT2D eigenvalue weighted by Gasteiger charge is -2.09. The highest BCUT2D eigenvalue weighted by atomic mass is 79.9. The van der Waals surface area contributed by atoms with E-state index in [2.05, 4.69) is 28.0 Å². The van der Waals surface area contributed by atoms with Crippen molar-refractivity contribution in [1.29, 1.82) is 0 Å². The molecule has 0 saturated carbocycles. The highest BCUT2D eigenvalue weighted by Gasteiger charge is 2.12. The summed E-state index contributed by atoms with van der Waals surface area (Å²) < 4.78 is 8.72. The van der Waals surface area contributed by atoms with Crippen molar-refractivity contribution in [2.75, 3.05) is 0 Å². The van der Waals surface area contributed by atoms with E-state index in [0.717, 1.165) is 33.7 Å². The van der Waals surface area contributed by atoms with Crippen molar-refractivity contribution in [3.63, 3.8) is 0 Å². The second kappa shape index (κ2) is 6.37. The molecule has 0 aliphatic rings. The van der Waals surface area contributed by atoms with Crippen LogP contribution in [-0.4, -0.2) is 14.8 Å². The van der Waals surface area contributed by atoms with Crippen LogP contribution in [0.5, 0.6) is 5.75 Å². The van der Waals surface area contributed by atoms with E-state index in [1.807, 2.05) is 35.9 Å². The van der Waals surface area contributed by atoms with Crippen LogP contribution in [0.1, 0.15) is 23.9 Å². The molecule has 0 atom stereocenters. The number of hydrogen-bond acceptors (Lipinski definition) is 3. The molecule has 4 nitrogen and oxygen atoms in total. The smallest absolute Gasteiger partial charge is 0.131 e. The Morgan fingerprint density at radius 3 is 2.60 bits per heavy atom. The molecular weight excluding hydrogens is 338 g/mol. The van der Waals surface area contributed by atoms with Crippen LogP contribution in [0.2, 0.25) is 0 Å². The fourth-order valence-corrected chi connectivity index (χ4v) is 2.41. The number of aromatic nitrogens is 2. The van der Waals surface area contributed by atoms with E-state index in [-0.39, 0.29) is 0 Å². The Kier molecular flexibility index (Phi) is 4.77. The Labute approximate surface area is 132 Å². The summed E-state index contributed by atoms with van der Waals surface area (Å²) in [7, 11) is 0. The SMILES string of the molecule is CCn1nc(C)c(Br)c1COc1ccc(C(N)=S)cc1. The zero-order chi connectivity index (χ0) is 14.7. The third kappa shape index (κ3) is 3.19. The van der Waals surface area contributed by atoms with Gasteiger partial charge < -0.3 is 10.5 Å². The van der Waals surface area contributed by atoms with E-state index >= 15 is 0 Å². The van der Waals surface area contributed by atoms with Gasteiger partial charge in [0.25, 0.3) is 0 Å². The first-order chi connectivity index (χ1) is 9.52. The molecule has 2 aromatic rings. The molecule has 20 heavy (non-hydrogen) atoms. The molecule has 106 valence electrons. The van der Waals surface area contributed by atoms with Crippen LogP contribution in [0, 0.1) is 6.92 Å². The largest absolute Gasteiger partial charge is 0.487 e. The quantitative estimate of drug-likeness (QED) is 0.838. The molecule has 1 aromatic heterocycles. The maximum atomic E-state index is 5.79.